The van der Waals surface area contributed by atoms with Gasteiger partial charge in [0.1, 0.15) is 0 Å². The highest BCUT2D eigenvalue weighted by atomic mass is 16.1. The average Bonchev–Trinajstić information content (AvgIpc) is 2.02. The first-order chi connectivity index (χ1) is 6.87. The smallest absolute Gasteiger partial charge is 0.231 e. The molecule has 3 nitrogen and oxygen atoms in total. The van der Waals surface area contributed by atoms with E-state index in [1.54, 1.807) is 0 Å². The number of allylic oxidation sites excluding steroid dienone is 2. The number of Topliss-reactive ketones (excluding diaryl/α,β-unsaturated/α-hetero) is 1. The van der Waals surface area contributed by atoms with Crippen molar-refractivity contribution in [3.05, 3.63) is 11.1 Å². The van der Waals surface area contributed by atoms with E-state index in [4.69, 9.17) is 10.2 Å². The van der Waals surface area contributed by atoms with Crippen molar-refractivity contribution in [3.63, 3.8) is 0 Å². The molecular formula is C12H19NO2. The molecule has 0 unspecified atom stereocenters. The van der Waals surface area contributed by atoms with Gasteiger partial charge in [0.15, 0.2) is 5.78 Å². The number of isocyanates is 1. The molecular weight excluding hydrogens is 190 g/mol. The molecule has 0 bridgehead atoms. The molecule has 1 aliphatic rings. The van der Waals surface area contributed by atoms with E-state index in [-0.39, 0.29) is 5.41 Å². The van der Waals surface area contributed by atoms with E-state index in [0.29, 0.717) is 5.78 Å². The molecule has 0 aromatic rings. The lowest BCUT2D eigenvalue weighted by Crippen LogP contribution is -2.24. The summed E-state index contributed by atoms with van der Waals surface area (Å²) in [4.78, 5) is 19.9. The lowest BCUT2D eigenvalue weighted by atomic mass is 9.73. The SMILES string of the molecule is CCC1=C(C)CC(C)(C)CC1=O.N=C=O. The molecule has 1 N–H and O–H groups in total. The fraction of sp³-hybridized carbons (Fsp3) is 0.667. The highest BCUT2D eigenvalue weighted by Gasteiger charge is 2.29. The molecule has 0 atom stereocenters. The summed E-state index contributed by atoms with van der Waals surface area (Å²) in [5.41, 5.74) is 2.58. The van der Waals surface area contributed by atoms with Crippen LogP contribution in [0.2, 0.25) is 0 Å². The van der Waals surface area contributed by atoms with Crippen LogP contribution in [0, 0.1) is 10.8 Å². The van der Waals surface area contributed by atoms with Gasteiger partial charge in [0.25, 0.3) is 0 Å². The van der Waals surface area contributed by atoms with E-state index in [9.17, 15) is 4.79 Å². The maximum atomic E-state index is 11.6. The number of rotatable bonds is 1. The molecule has 0 spiro atoms. The minimum absolute atomic E-state index is 0.194. The zero-order chi connectivity index (χ0) is 12.1. The molecule has 0 aliphatic heterocycles. The second-order valence-electron chi connectivity index (χ2n) is 4.66. The van der Waals surface area contributed by atoms with Crippen molar-refractivity contribution in [1.82, 2.24) is 0 Å². The van der Waals surface area contributed by atoms with Crippen LogP contribution in [0.5, 0.6) is 0 Å². The molecule has 3 heteroatoms. The summed E-state index contributed by atoms with van der Waals surface area (Å²) in [6.07, 6.45) is 3.47. The Kier molecular flexibility index (Phi) is 5.16. The number of hydrogen-bond donors (Lipinski definition) is 1. The van der Waals surface area contributed by atoms with Crippen LogP contribution in [0.1, 0.15) is 47.0 Å². The Labute approximate surface area is 91.1 Å². The number of ketones is 1. The Morgan fingerprint density at radius 3 is 2.20 bits per heavy atom. The summed E-state index contributed by atoms with van der Waals surface area (Å²) in [5, 5.41) is 5.40. The molecule has 0 heterocycles. The second-order valence-corrected chi connectivity index (χ2v) is 4.66. The monoisotopic (exact) mass is 209 g/mol. The lowest BCUT2D eigenvalue weighted by Gasteiger charge is -2.30. The molecule has 15 heavy (non-hydrogen) atoms. The van der Waals surface area contributed by atoms with Crippen LogP contribution in [0.4, 0.5) is 0 Å². The molecule has 84 valence electrons. The summed E-state index contributed by atoms with van der Waals surface area (Å²) in [5.74, 6) is 0.367. The maximum Gasteiger partial charge on any atom is 0.231 e. The number of nitrogens with one attached hydrogen (secondary N) is 1. The zero-order valence-electron chi connectivity index (χ0n) is 9.94. The Balaban J connectivity index is 0.000000583. The van der Waals surface area contributed by atoms with Gasteiger partial charge in [-0.25, -0.2) is 10.2 Å². The Morgan fingerprint density at radius 1 is 1.40 bits per heavy atom. The van der Waals surface area contributed by atoms with Crippen LogP contribution in [0.25, 0.3) is 0 Å². The molecule has 1 aliphatic carbocycles. The number of carbonyl (C=O) groups excluding carboxylic acids is 2. The van der Waals surface area contributed by atoms with Crippen LogP contribution >= 0.6 is 0 Å². The quantitative estimate of drug-likeness (QED) is 0.533. The van der Waals surface area contributed by atoms with Crippen LogP contribution < -0.4 is 0 Å². The van der Waals surface area contributed by atoms with Crippen LogP contribution in [0.15, 0.2) is 11.1 Å². The third-order valence-corrected chi connectivity index (χ3v) is 2.59. The van der Waals surface area contributed by atoms with Gasteiger partial charge in [-0.15, -0.1) is 0 Å². The summed E-state index contributed by atoms with van der Waals surface area (Å²) < 4.78 is 0. The third kappa shape index (κ3) is 4.22. The van der Waals surface area contributed by atoms with Gasteiger partial charge in [0.05, 0.1) is 0 Å². The first kappa shape index (κ1) is 13.8. The zero-order valence-corrected chi connectivity index (χ0v) is 9.94. The van der Waals surface area contributed by atoms with Crippen molar-refractivity contribution in [2.75, 3.05) is 0 Å². The van der Waals surface area contributed by atoms with Crippen molar-refractivity contribution in [1.29, 1.82) is 5.41 Å². The fourth-order valence-corrected chi connectivity index (χ4v) is 2.17. The summed E-state index contributed by atoms with van der Waals surface area (Å²) in [6, 6.07) is 0. The topological polar surface area (TPSA) is 58.0 Å². The van der Waals surface area contributed by atoms with Gasteiger partial charge in [0.2, 0.25) is 6.08 Å². The minimum atomic E-state index is 0.194. The van der Waals surface area contributed by atoms with Gasteiger partial charge in [-0.2, -0.15) is 0 Å². The Hall–Kier alpha value is -1.21. The molecule has 0 saturated carbocycles. The average molecular weight is 209 g/mol. The fourth-order valence-electron chi connectivity index (χ4n) is 2.17. The first-order valence-electron chi connectivity index (χ1n) is 5.13. The highest BCUT2D eigenvalue weighted by Crippen LogP contribution is 2.37. The van der Waals surface area contributed by atoms with E-state index in [0.717, 1.165) is 30.9 Å². The largest absolute Gasteiger partial charge is 0.295 e. The predicted molar refractivity (Wildman–Crippen MR) is 59.4 cm³/mol. The number of hydrogen-bond acceptors (Lipinski definition) is 3. The van der Waals surface area contributed by atoms with E-state index in [1.807, 2.05) is 0 Å². The van der Waals surface area contributed by atoms with Crippen LogP contribution in [-0.4, -0.2) is 11.9 Å². The summed E-state index contributed by atoms with van der Waals surface area (Å²) in [7, 11) is 0. The Morgan fingerprint density at radius 2 is 1.87 bits per heavy atom. The molecule has 0 amide bonds. The van der Waals surface area contributed by atoms with Gasteiger partial charge in [0, 0.05) is 6.42 Å². The molecule has 1 rings (SSSR count). The van der Waals surface area contributed by atoms with Crippen molar-refractivity contribution in [2.24, 2.45) is 5.41 Å². The van der Waals surface area contributed by atoms with Crippen molar-refractivity contribution >= 4 is 11.9 Å². The van der Waals surface area contributed by atoms with Gasteiger partial charge in [-0.1, -0.05) is 26.3 Å². The van der Waals surface area contributed by atoms with Crippen LogP contribution in [-0.2, 0) is 9.59 Å². The molecule has 0 saturated heterocycles. The maximum absolute atomic E-state index is 11.6. The van der Waals surface area contributed by atoms with Crippen molar-refractivity contribution < 1.29 is 9.59 Å². The Bertz CT molecular complexity index is 308. The predicted octanol–water partition coefficient (Wildman–Crippen LogP) is 3.00. The van der Waals surface area contributed by atoms with E-state index in [1.165, 1.54) is 5.57 Å². The van der Waals surface area contributed by atoms with E-state index < -0.39 is 0 Å². The summed E-state index contributed by atoms with van der Waals surface area (Å²) >= 11 is 0. The molecule has 0 aromatic carbocycles. The van der Waals surface area contributed by atoms with Gasteiger partial charge < -0.3 is 0 Å². The minimum Gasteiger partial charge on any atom is -0.295 e. The first-order valence-corrected chi connectivity index (χ1v) is 5.13. The van der Waals surface area contributed by atoms with Crippen molar-refractivity contribution in [3.8, 4) is 0 Å². The highest BCUT2D eigenvalue weighted by molar-refractivity contribution is 5.97. The number of carbonyl (C=O) groups is 1. The summed E-state index contributed by atoms with van der Waals surface area (Å²) in [6.45, 7) is 8.49. The third-order valence-electron chi connectivity index (χ3n) is 2.59. The van der Waals surface area contributed by atoms with Gasteiger partial charge >= 0.3 is 0 Å². The van der Waals surface area contributed by atoms with E-state index in [2.05, 4.69) is 27.7 Å². The van der Waals surface area contributed by atoms with Gasteiger partial charge in [-0.3, -0.25) is 4.79 Å². The second kappa shape index (κ2) is 5.62. The molecule has 0 aromatic heterocycles. The van der Waals surface area contributed by atoms with Crippen molar-refractivity contribution in [2.45, 2.75) is 47.0 Å². The van der Waals surface area contributed by atoms with Crippen LogP contribution in [0.3, 0.4) is 0 Å². The molecule has 0 radical (unpaired) electrons. The normalized spacial score (nSPS) is 19.1. The lowest BCUT2D eigenvalue weighted by molar-refractivity contribution is -0.118. The van der Waals surface area contributed by atoms with E-state index >= 15 is 0 Å². The standard InChI is InChI=1S/C11H18O.CHNO/c1-5-9-8(2)6-11(3,4)7-10(9)12;2-1-3/h5-7H2,1-4H3;2H. The molecule has 0 fully saturated rings. The van der Waals surface area contributed by atoms with Gasteiger partial charge in [-0.05, 0) is 30.8 Å².